The number of halogens is 2. The molecular formula is C23H16I2N4O3. The molecule has 160 valence electrons. The van der Waals surface area contributed by atoms with Gasteiger partial charge in [-0.2, -0.15) is 5.10 Å². The number of anilines is 1. The summed E-state index contributed by atoms with van der Waals surface area (Å²) in [4.78, 5) is 14.5. The lowest BCUT2D eigenvalue weighted by Crippen LogP contribution is -2.01. The number of ether oxygens (including phenoxy) is 1. The van der Waals surface area contributed by atoms with Crippen LogP contribution in [0.1, 0.15) is 11.1 Å². The van der Waals surface area contributed by atoms with Crippen LogP contribution in [0.3, 0.4) is 0 Å². The first-order valence-corrected chi connectivity index (χ1v) is 11.7. The summed E-state index contributed by atoms with van der Waals surface area (Å²) in [5.74, 6) is 0.901. The van der Waals surface area contributed by atoms with Gasteiger partial charge in [0.15, 0.2) is 0 Å². The molecule has 3 aromatic carbocycles. The highest BCUT2D eigenvalue weighted by molar-refractivity contribution is 14.1. The van der Waals surface area contributed by atoms with Crippen molar-refractivity contribution >= 4 is 73.7 Å². The van der Waals surface area contributed by atoms with Crippen LogP contribution < -0.4 is 10.2 Å². The first-order chi connectivity index (χ1) is 15.5. The Bertz CT molecular complexity index is 1300. The predicted octanol–water partition coefficient (Wildman–Crippen LogP) is 6.38. The Balaban J connectivity index is 1.49. The van der Waals surface area contributed by atoms with Gasteiger partial charge in [0.2, 0.25) is 5.82 Å². The topological polar surface area (TPSA) is 89.7 Å². The first kappa shape index (κ1) is 22.4. The second-order valence-corrected chi connectivity index (χ2v) is 9.06. The summed E-state index contributed by atoms with van der Waals surface area (Å²) in [7, 11) is 0. The second kappa shape index (κ2) is 10.2. The maximum absolute atomic E-state index is 11.1. The number of nitro groups is 1. The smallest absolute Gasteiger partial charge is 0.313 e. The van der Waals surface area contributed by atoms with E-state index in [-0.39, 0.29) is 11.5 Å². The third kappa shape index (κ3) is 5.15. The SMILES string of the molecule is O=[N+]([O-])c1cccnc1N/N=C\c1cc(I)c(OCc2cccc3ccccc23)c(I)c1. The molecule has 1 heterocycles. The van der Waals surface area contributed by atoms with Crippen LogP contribution in [0.25, 0.3) is 10.8 Å². The zero-order chi connectivity index (χ0) is 22.5. The van der Waals surface area contributed by atoms with E-state index in [9.17, 15) is 10.1 Å². The zero-order valence-electron chi connectivity index (χ0n) is 16.5. The molecule has 0 bridgehead atoms. The number of rotatable bonds is 7. The highest BCUT2D eigenvalue weighted by Gasteiger charge is 2.13. The van der Waals surface area contributed by atoms with Crippen molar-refractivity contribution in [2.45, 2.75) is 6.61 Å². The molecule has 9 heteroatoms. The fourth-order valence-electron chi connectivity index (χ4n) is 3.16. The van der Waals surface area contributed by atoms with Crippen molar-refractivity contribution in [2.75, 3.05) is 5.43 Å². The van der Waals surface area contributed by atoms with Gasteiger partial charge in [0, 0.05) is 12.3 Å². The summed E-state index contributed by atoms with van der Waals surface area (Å²) in [6, 6.07) is 21.2. The number of nitrogens with zero attached hydrogens (tertiary/aromatic N) is 3. The standard InChI is InChI=1S/C23H16I2N4O3/c24-19-11-15(13-27-28-23-21(29(30)31)9-4-10-26-23)12-20(25)22(19)32-14-17-7-3-6-16-5-1-2-8-18(16)17/h1-13H,14H2,(H,26,28)/b27-13-. The Morgan fingerprint density at radius 2 is 1.81 bits per heavy atom. The van der Waals surface area contributed by atoms with Gasteiger partial charge in [-0.25, -0.2) is 4.98 Å². The van der Waals surface area contributed by atoms with Gasteiger partial charge in [-0.3, -0.25) is 15.5 Å². The van der Waals surface area contributed by atoms with Crippen LogP contribution in [0.5, 0.6) is 5.75 Å². The van der Waals surface area contributed by atoms with E-state index in [1.54, 1.807) is 6.21 Å². The van der Waals surface area contributed by atoms with E-state index in [1.807, 2.05) is 30.3 Å². The van der Waals surface area contributed by atoms with Crippen molar-refractivity contribution in [3.05, 3.63) is 101 Å². The van der Waals surface area contributed by atoms with Crippen molar-refractivity contribution in [1.82, 2.24) is 4.98 Å². The van der Waals surface area contributed by atoms with Gasteiger partial charge in [-0.15, -0.1) is 0 Å². The second-order valence-electron chi connectivity index (χ2n) is 6.74. The van der Waals surface area contributed by atoms with Crippen LogP contribution >= 0.6 is 45.2 Å². The highest BCUT2D eigenvalue weighted by atomic mass is 127. The van der Waals surface area contributed by atoms with Crippen LogP contribution in [0.4, 0.5) is 11.5 Å². The number of hydrazone groups is 1. The molecule has 7 nitrogen and oxygen atoms in total. The van der Waals surface area contributed by atoms with E-state index in [2.05, 4.69) is 85.0 Å². The molecule has 4 rings (SSSR count). The predicted molar refractivity (Wildman–Crippen MR) is 142 cm³/mol. The fraction of sp³-hybridized carbons (Fsp3) is 0.0435. The molecule has 1 aromatic heterocycles. The molecule has 0 aliphatic rings. The largest absolute Gasteiger partial charge is 0.487 e. The third-order valence-corrected chi connectivity index (χ3v) is 6.24. The summed E-state index contributed by atoms with van der Waals surface area (Å²) in [5, 5.41) is 17.5. The van der Waals surface area contributed by atoms with E-state index in [4.69, 9.17) is 4.74 Å². The molecule has 0 radical (unpaired) electrons. The Kier molecular flexibility index (Phi) is 7.15. The number of hydrogen-bond acceptors (Lipinski definition) is 6. The molecule has 0 atom stereocenters. The van der Waals surface area contributed by atoms with E-state index in [0.29, 0.717) is 6.61 Å². The van der Waals surface area contributed by atoms with E-state index >= 15 is 0 Å². The van der Waals surface area contributed by atoms with Crippen LogP contribution in [0, 0.1) is 17.3 Å². The van der Waals surface area contributed by atoms with Crippen LogP contribution in [-0.2, 0) is 6.61 Å². The minimum Gasteiger partial charge on any atom is -0.487 e. The Morgan fingerprint density at radius 1 is 1.06 bits per heavy atom. The molecular weight excluding hydrogens is 634 g/mol. The summed E-state index contributed by atoms with van der Waals surface area (Å²) >= 11 is 4.47. The Hall–Kier alpha value is -2.80. The van der Waals surface area contributed by atoms with Gasteiger partial charge < -0.3 is 4.74 Å². The summed E-state index contributed by atoms with van der Waals surface area (Å²) in [6.07, 6.45) is 3.07. The molecule has 0 fully saturated rings. The third-order valence-electron chi connectivity index (χ3n) is 4.64. The molecule has 0 amide bonds. The minimum atomic E-state index is -0.501. The van der Waals surface area contributed by atoms with Crippen LogP contribution in [0.2, 0.25) is 0 Å². The Labute approximate surface area is 211 Å². The molecule has 0 aliphatic heterocycles. The van der Waals surface area contributed by atoms with Gasteiger partial charge in [0.25, 0.3) is 0 Å². The van der Waals surface area contributed by atoms with Crippen molar-refractivity contribution in [3.63, 3.8) is 0 Å². The van der Waals surface area contributed by atoms with Crippen molar-refractivity contribution < 1.29 is 9.66 Å². The number of pyridine rings is 1. The molecule has 0 unspecified atom stereocenters. The Morgan fingerprint density at radius 3 is 2.59 bits per heavy atom. The molecule has 4 aromatic rings. The van der Waals surface area contributed by atoms with Crippen molar-refractivity contribution in [2.24, 2.45) is 5.10 Å². The molecule has 32 heavy (non-hydrogen) atoms. The van der Waals surface area contributed by atoms with E-state index in [0.717, 1.165) is 24.0 Å². The van der Waals surface area contributed by atoms with E-state index in [1.165, 1.54) is 29.1 Å². The van der Waals surface area contributed by atoms with Gasteiger partial charge in [-0.1, -0.05) is 42.5 Å². The molecule has 0 saturated heterocycles. The van der Waals surface area contributed by atoms with Crippen molar-refractivity contribution in [1.29, 1.82) is 0 Å². The van der Waals surface area contributed by atoms with Gasteiger partial charge in [0.05, 0.1) is 18.3 Å². The lowest BCUT2D eigenvalue weighted by atomic mass is 10.1. The van der Waals surface area contributed by atoms with Crippen molar-refractivity contribution in [3.8, 4) is 5.75 Å². The normalized spacial score (nSPS) is 11.1. The first-order valence-electron chi connectivity index (χ1n) is 9.50. The number of fused-ring (bicyclic) bond motifs is 1. The van der Waals surface area contributed by atoms with E-state index < -0.39 is 4.92 Å². The minimum absolute atomic E-state index is 0.0909. The number of aromatic nitrogens is 1. The summed E-state index contributed by atoms with van der Waals surface area (Å²) in [6.45, 7) is 0.464. The molecule has 1 N–H and O–H groups in total. The molecule has 0 saturated carbocycles. The van der Waals surface area contributed by atoms with Gasteiger partial charge >= 0.3 is 5.69 Å². The average Bonchev–Trinajstić information content (AvgIpc) is 2.79. The maximum atomic E-state index is 11.1. The average molecular weight is 650 g/mol. The van der Waals surface area contributed by atoms with Gasteiger partial charge in [0.1, 0.15) is 12.4 Å². The van der Waals surface area contributed by atoms with Crippen LogP contribution in [-0.4, -0.2) is 16.1 Å². The summed E-state index contributed by atoms with van der Waals surface area (Å²) in [5.41, 5.74) is 4.47. The number of benzene rings is 3. The lowest BCUT2D eigenvalue weighted by Gasteiger charge is -2.13. The number of nitrogens with one attached hydrogen (secondary N) is 1. The fourth-order valence-corrected chi connectivity index (χ4v) is 5.29. The summed E-state index contributed by atoms with van der Waals surface area (Å²) < 4.78 is 8.06. The van der Waals surface area contributed by atoms with Crippen LogP contribution in [0.15, 0.2) is 78.0 Å². The quantitative estimate of drug-likeness (QED) is 0.109. The monoisotopic (exact) mass is 650 g/mol. The van der Waals surface area contributed by atoms with Gasteiger partial charge in [-0.05, 0) is 85.3 Å². The maximum Gasteiger partial charge on any atom is 0.313 e. The number of hydrogen-bond donors (Lipinski definition) is 1. The highest BCUT2D eigenvalue weighted by Crippen LogP contribution is 2.30. The molecule has 0 spiro atoms. The molecule has 0 aliphatic carbocycles. The lowest BCUT2D eigenvalue weighted by molar-refractivity contribution is -0.384. The zero-order valence-corrected chi connectivity index (χ0v) is 20.8.